The summed E-state index contributed by atoms with van der Waals surface area (Å²) in [4.78, 5) is 17.5. The summed E-state index contributed by atoms with van der Waals surface area (Å²) in [7, 11) is -8.50. The Bertz CT molecular complexity index is 352. The minimum absolute atomic E-state index is 0.222. The van der Waals surface area contributed by atoms with Crippen molar-refractivity contribution in [2.45, 2.75) is 13.8 Å². The summed E-state index contributed by atoms with van der Waals surface area (Å²) in [6, 6.07) is 0. The van der Waals surface area contributed by atoms with Crippen molar-refractivity contribution in [1.82, 2.24) is 0 Å². The zero-order valence-electron chi connectivity index (χ0n) is 8.74. The maximum absolute atomic E-state index is 10.8. The van der Waals surface area contributed by atoms with Crippen molar-refractivity contribution in [3.05, 3.63) is 0 Å². The predicted octanol–water partition coefficient (Wildman–Crippen LogP) is 1.68. The maximum atomic E-state index is 10.8. The Balaban J connectivity index is 2.85. The van der Waals surface area contributed by atoms with Crippen molar-refractivity contribution in [1.29, 1.82) is 0 Å². The van der Waals surface area contributed by atoms with Crippen LogP contribution in [0.4, 0.5) is 0 Å². The van der Waals surface area contributed by atoms with Crippen LogP contribution in [0, 0.1) is 5.41 Å². The average Bonchev–Trinajstić information content (AvgIpc) is 2.09. The van der Waals surface area contributed by atoms with E-state index in [1.807, 2.05) is 19.0 Å². The van der Waals surface area contributed by atoms with Gasteiger partial charge >= 0.3 is 98.2 Å². The van der Waals surface area contributed by atoms with Crippen LogP contribution in [0.25, 0.3) is 0 Å². The number of nitrogens with zero attached hydrogens (tertiary/aromatic N) is 1. The van der Waals surface area contributed by atoms with Crippen LogP contribution >= 0.6 is 28.1 Å². The van der Waals surface area contributed by atoms with Crippen LogP contribution < -0.4 is 0 Å². The third-order valence-electron chi connectivity index (χ3n) is 1.71. The van der Waals surface area contributed by atoms with E-state index >= 15 is 0 Å². The molecular weight excluding hydrogens is 276 g/mol. The number of hydrogen-bond acceptors (Lipinski definition) is 6. The van der Waals surface area contributed by atoms with E-state index in [0.717, 1.165) is 0 Å². The zero-order valence-corrected chi connectivity index (χ0v) is 11.5. The van der Waals surface area contributed by atoms with Crippen LogP contribution in [0.1, 0.15) is 13.8 Å². The first kappa shape index (κ1) is 14.3. The van der Waals surface area contributed by atoms with E-state index in [2.05, 4.69) is 21.3 Å². The first-order chi connectivity index (χ1) is 7.18. The Labute approximate surface area is 98.7 Å². The number of hydrogen-bond donors (Lipinski definition) is 2. The normalized spacial score (nSPS) is 25.5. The van der Waals surface area contributed by atoms with Crippen molar-refractivity contribution in [3.8, 4) is 0 Å². The second kappa shape index (κ2) is 4.86. The molecule has 7 nitrogen and oxygen atoms in total. The number of isothiocyanates is 1. The SMILES string of the molecule is CC1(C)CO[PH](N=C=S)(OP(=O)(O)O)OC1. The van der Waals surface area contributed by atoms with E-state index in [-0.39, 0.29) is 18.6 Å². The summed E-state index contributed by atoms with van der Waals surface area (Å²) in [5.41, 5.74) is -0.258. The molecule has 1 rings (SSSR count). The third kappa shape index (κ3) is 4.26. The van der Waals surface area contributed by atoms with Crippen LogP contribution in [-0.4, -0.2) is 28.2 Å². The molecule has 1 aliphatic heterocycles. The van der Waals surface area contributed by atoms with Crippen molar-refractivity contribution in [2.75, 3.05) is 13.2 Å². The molecule has 0 bridgehead atoms. The third-order valence-corrected chi connectivity index (χ3v) is 5.24. The van der Waals surface area contributed by atoms with Gasteiger partial charge in [-0.25, -0.2) is 0 Å². The summed E-state index contributed by atoms with van der Waals surface area (Å²) >= 11 is 4.38. The first-order valence-corrected chi connectivity index (χ1v) is 7.92. The van der Waals surface area contributed by atoms with Gasteiger partial charge in [0, 0.05) is 0 Å². The van der Waals surface area contributed by atoms with Gasteiger partial charge in [-0.1, -0.05) is 0 Å². The van der Waals surface area contributed by atoms with Crippen LogP contribution in [0.3, 0.4) is 0 Å². The molecule has 0 aromatic rings. The molecule has 10 heteroatoms. The standard InChI is InChI=1S/C6H13NO6P2S/c1-6(2)3-11-14(7-5-16,12-4-6)13-15(8,9)10/h14H,3-4H2,1-2H3,(H2,8,9,10). The van der Waals surface area contributed by atoms with E-state index in [1.54, 1.807) is 0 Å². The molecule has 94 valence electrons. The predicted molar refractivity (Wildman–Crippen MR) is 62.2 cm³/mol. The molecule has 0 aliphatic carbocycles. The van der Waals surface area contributed by atoms with Gasteiger partial charge in [-0.3, -0.25) is 0 Å². The van der Waals surface area contributed by atoms with Crippen molar-refractivity contribution >= 4 is 33.3 Å². The molecule has 0 atom stereocenters. The van der Waals surface area contributed by atoms with E-state index in [4.69, 9.17) is 18.8 Å². The molecule has 1 fully saturated rings. The molecule has 1 saturated heterocycles. The van der Waals surface area contributed by atoms with E-state index in [1.165, 1.54) is 0 Å². The molecule has 0 amide bonds. The van der Waals surface area contributed by atoms with Gasteiger partial charge in [-0.2, -0.15) is 0 Å². The number of phosphoric acid groups is 1. The molecule has 1 heterocycles. The summed E-state index contributed by atoms with van der Waals surface area (Å²) in [5, 5.41) is 1.98. The summed E-state index contributed by atoms with van der Waals surface area (Å²) in [5.74, 6) is 0. The van der Waals surface area contributed by atoms with Gasteiger partial charge in [0.25, 0.3) is 0 Å². The van der Waals surface area contributed by atoms with Gasteiger partial charge < -0.3 is 0 Å². The molecule has 16 heavy (non-hydrogen) atoms. The quantitative estimate of drug-likeness (QED) is 0.463. The first-order valence-electron chi connectivity index (χ1n) is 4.31. The van der Waals surface area contributed by atoms with Gasteiger partial charge in [-0.05, 0) is 0 Å². The molecule has 0 aromatic carbocycles. The fourth-order valence-corrected chi connectivity index (χ4v) is 4.59. The van der Waals surface area contributed by atoms with Gasteiger partial charge in [0.05, 0.1) is 0 Å². The van der Waals surface area contributed by atoms with E-state index in [9.17, 15) is 4.57 Å². The van der Waals surface area contributed by atoms with E-state index < -0.39 is 15.9 Å². The van der Waals surface area contributed by atoms with Crippen LogP contribution in [0.2, 0.25) is 0 Å². The summed E-state index contributed by atoms with van der Waals surface area (Å²) in [6.07, 6.45) is 0. The summed E-state index contributed by atoms with van der Waals surface area (Å²) in [6.45, 7) is 4.20. The molecule has 0 saturated carbocycles. The summed E-state index contributed by atoms with van der Waals surface area (Å²) < 4.78 is 29.1. The zero-order chi connectivity index (χ0) is 12.4. The molecule has 2 N–H and O–H groups in total. The topological polar surface area (TPSA) is 97.6 Å². The Kier molecular flexibility index (Phi) is 4.35. The Morgan fingerprint density at radius 2 is 2.00 bits per heavy atom. The second-order valence-corrected chi connectivity index (χ2v) is 7.79. The second-order valence-electron chi connectivity index (χ2n) is 4.05. The van der Waals surface area contributed by atoms with Crippen molar-refractivity contribution in [3.63, 3.8) is 0 Å². The van der Waals surface area contributed by atoms with Crippen molar-refractivity contribution < 1.29 is 27.7 Å². The molecular formula is C6H13NO6P2S. The minimum atomic E-state index is -4.74. The molecule has 0 radical (unpaired) electrons. The van der Waals surface area contributed by atoms with Crippen molar-refractivity contribution in [2.24, 2.45) is 10.2 Å². The fourth-order valence-electron chi connectivity index (χ4n) is 1.00. The number of thiocarbonyl (C=S) groups is 1. The monoisotopic (exact) mass is 289 g/mol. The molecule has 0 unspecified atom stereocenters. The van der Waals surface area contributed by atoms with Crippen LogP contribution in [0.15, 0.2) is 4.76 Å². The van der Waals surface area contributed by atoms with Gasteiger partial charge in [0.2, 0.25) is 0 Å². The Morgan fingerprint density at radius 1 is 1.50 bits per heavy atom. The van der Waals surface area contributed by atoms with Gasteiger partial charge in [0.1, 0.15) is 0 Å². The van der Waals surface area contributed by atoms with Crippen LogP contribution in [-0.2, 0) is 17.9 Å². The Morgan fingerprint density at radius 3 is 2.38 bits per heavy atom. The number of rotatable bonds is 3. The van der Waals surface area contributed by atoms with Crippen LogP contribution in [0.5, 0.6) is 0 Å². The average molecular weight is 289 g/mol. The Hall–Kier alpha value is 0.260. The molecule has 0 aromatic heterocycles. The molecule has 0 spiro atoms. The fraction of sp³-hybridized carbons (Fsp3) is 0.833. The van der Waals surface area contributed by atoms with E-state index in [0.29, 0.717) is 0 Å². The van der Waals surface area contributed by atoms with Gasteiger partial charge in [-0.15, -0.1) is 0 Å². The van der Waals surface area contributed by atoms with Gasteiger partial charge in [0.15, 0.2) is 0 Å². The molecule has 1 aliphatic rings.